The van der Waals surface area contributed by atoms with Gasteiger partial charge in [0, 0.05) is 31.7 Å². The average Bonchev–Trinajstić information content (AvgIpc) is 2.56. The summed E-state index contributed by atoms with van der Waals surface area (Å²) < 4.78 is 27.8. The van der Waals surface area contributed by atoms with Gasteiger partial charge in [-0.05, 0) is 25.7 Å². The molecular formula is C10H21N3O2S. The second-order valence-corrected chi connectivity index (χ2v) is 6.60. The third-order valence-electron chi connectivity index (χ3n) is 3.67. The fourth-order valence-corrected chi connectivity index (χ4v) is 3.94. The van der Waals surface area contributed by atoms with Crippen molar-refractivity contribution < 1.29 is 8.42 Å². The van der Waals surface area contributed by atoms with Crippen LogP contribution in [0.1, 0.15) is 32.6 Å². The van der Waals surface area contributed by atoms with Crippen molar-refractivity contribution in [2.75, 3.05) is 13.6 Å². The Labute approximate surface area is 97.8 Å². The molecule has 0 aliphatic carbocycles. The molecule has 2 saturated heterocycles. The average molecular weight is 247 g/mol. The van der Waals surface area contributed by atoms with Gasteiger partial charge in [-0.2, -0.15) is 12.7 Å². The van der Waals surface area contributed by atoms with Gasteiger partial charge in [-0.3, -0.25) is 0 Å². The van der Waals surface area contributed by atoms with Crippen molar-refractivity contribution in [3.05, 3.63) is 0 Å². The monoisotopic (exact) mass is 247 g/mol. The van der Waals surface area contributed by atoms with Crippen LogP contribution in [0.15, 0.2) is 0 Å². The summed E-state index contributed by atoms with van der Waals surface area (Å²) in [4.78, 5) is 0. The van der Waals surface area contributed by atoms with Crippen molar-refractivity contribution >= 4 is 10.2 Å². The molecule has 94 valence electrons. The molecule has 0 aromatic rings. The molecule has 0 aromatic heterocycles. The largest absolute Gasteiger partial charge is 0.311 e. The van der Waals surface area contributed by atoms with Crippen LogP contribution in [0.5, 0.6) is 0 Å². The van der Waals surface area contributed by atoms with E-state index in [9.17, 15) is 8.42 Å². The van der Waals surface area contributed by atoms with Crippen LogP contribution < -0.4 is 10.0 Å². The maximum Gasteiger partial charge on any atom is 0.279 e. The van der Waals surface area contributed by atoms with Crippen molar-refractivity contribution in [1.82, 2.24) is 14.3 Å². The SMILES string of the molecule is CCNS(=O)(=O)N(C)C1CC2CCC(C1)N2. The maximum absolute atomic E-state index is 11.9. The Balaban J connectivity index is 2.02. The normalized spacial score (nSPS) is 34.6. The van der Waals surface area contributed by atoms with Crippen LogP contribution in [0.2, 0.25) is 0 Å². The van der Waals surface area contributed by atoms with Gasteiger partial charge < -0.3 is 5.32 Å². The summed E-state index contributed by atoms with van der Waals surface area (Å²) in [6.07, 6.45) is 4.27. The highest BCUT2D eigenvalue weighted by molar-refractivity contribution is 7.87. The van der Waals surface area contributed by atoms with Crippen molar-refractivity contribution in [1.29, 1.82) is 0 Å². The van der Waals surface area contributed by atoms with E-state index in [0.29, 0.717) is 18.6 Å². The molecule has 2 bridgehead atoms. The van der Waals surface area contributed by atoms with Crippen molar-refractivity contribution in [2.24, 2.45) is 0 Å². The minimum Gasteiger partial charge on any atom is -0.311 e. The molecular weight excluding hydrogens is 226 g/mol. The lowest BCUT2D eigenvalue weighted by Gasteiger charge is -2.34. The maximum atomic E-state index is 11.9. The molecule has 0 aromatic carbocycles. The molecule has 2 unspecified atom stereocenters. The molecule has 2 N–H and O–H groups in total. The van der Waals surface area contributed by atoms with Gasteiger partial charge in [-0.1, -0.05) is 6.92 Å². The second-order valence-electron chi connectivity index (χ2n) is 4.78. The van der Waals surface area contributed by atoms with Crippen LogP contribution in [0.4, 0.5) is 0 Å². The predicted octanol–water partition coefficient (Wildman–Crippen LogP) is 0.0555. The molecule has 0 saturated carbocycles. The van der Waals surface area contributed by atoms with Gasteiger partial charge in [0.2, 0.25) is 0 Å². The zero-order chi connectivity index (χ0) is 11.8. The van der Waals surface area contributed by atoms with E-state index >= 15 is 0 Å². The predicted molar refractivity (Wildman–Crippen MR) is 63.3 cm³/mol. The summed E-state index contributed by atoms with van der Waals surface area (Å²) >= 11 is 0. The lowest BCUT2D eigenvalue weighted by Crippen LogP contribution is -2.51. The molecule has 0 spiro atoms. The highest BCUT2D eigenvalue weighted by Crippen LogP contribution is 2.29. The van der Waals surface area contributed by atoms with E-state index in [0.717, 1.165) is 12.8 Å². The van der Waals surface area contributed by atoms with Crippen LogP contribution in [0.25, 0.3) is 0 Å². The molecule has 2 rings (SSSR count). The van der Waals surface area contributed by atoms with Crippen LogP contribution in [-0.4, -0.2) is 44.4 Å². The molecule has 0 radical (unpaired) electrons. The van der Waals surface area contributed by atoms with E-state index in [-0.39, 0.29) is 6.04 Å². The van der Waals surface area contributed by atoms with Gasteiger partial charge in [-0.25, -0.2) is 4.72 Å². The fourth-order valence-electron chi connectivity index (χ4n) is 2.80. The lowest BCUT2D eigenvalue weighted by molar-refractivity contribution is 0.249. The summed E-state index contributed by atoms with van der Waals surface area (Å²) in [6.45, 7) is 2.25. The molecule has 2 atom stereocenters. The summed E-state index contributed by atoms with van der Waals surface area (Å²) in [5, 5.41) is 3.52. The van der Waals surface area contributed by atoms with Crippen molar-refractivity contribution in [3.8, 4) is 0 Å². The van der Waals surface area contributed by atoms with E-state index in [1.165, 1.54) is 17.1 Å². The Morgan fingerprint density at radius 3 is 2.38 bits per heavy atom. The molecule has 2 heterocycles. The van der Waals surface area contributed by atoms with E-state index < -0.39 is 10.2 Å². The van der Waals surface area contributed by atoms with Crippen LogP contribution in [0, 0.1) is 0 Å². The van der Waals surface area contributed by atoms with E-state index in [2.05, 4.69) is 10.0 Å². The number of piperidine rings is 1. The van der Waals surface area contributed by atoms with Gasteiger partial charge in [0.1, 0.15) is 0 Å². The van der Waals surface area contributed by atoms with Gasteiger partial charge in [0.25, 0.3) is 10.2 Å². The highest BCUT2D eigenvalue weighted by atomic mass is 32.2. The van der Waals surface area contributed by atoms with Gasteiger partial charge in [0.15, 0.2) is 0 Å². The van der Waals surface area contributed by atoms with E-state index in [4.69, 9.17) is 0 Å². The Kier molecular flexibility index (Phi) is 3.53. The summed E-state index contributed by atoms with van der Waals surface area (Å²) in [7, 11) is -1.59. The number of rotatable bonds is 4. The Bertz CT molecular complexity index is 332. The van der Waals surface area contributed by atoms with Gasteiger partial charge >= 0.3 is 0 Å². The van der Waals surface area contributed by atoms with Crippen LogP contribution >= 0.6 is 0 Å². The molecule has 0 amide bonds. The zero-order valence-electron chi connectivity index (χ0n) is 9.94. The highest BCUT2D eigenvalue weighted by Gasteiger charge is 2.38. The Hall–Kier alpha value is -0.170. The first-order valence-electron chi connectivity index (χ1n) is 6.01. The lowest BCUT2D eigenvalue weighted by atomic mass is 10.0. The molecule has 2 aliphatic rings. The minimum atomic E-state index is -3.27. The summed E-state index contributed by atoms with van der Waals surface area (Å²) in [5.74, 6) is 0. The van der Waals surface area contributed by atoms with E-state index in [1.807, 2.05) is 0 Å². The third-order valence-corrected chi connectivity index (χ3v) is 5.38. The standard InChI is InChI=1S/C10H21N3O2S/c1-3-11-16(14,15)13(2)10-6-8-4-5-9(7-10)12-8/h8-12H,3-7H2,1-2H3. The number of hydrogen-bond donors (Lipinski definition) is 2. The minimum absolute atomic E-state index is 0.155. The number of hydrogen-bond acceptors (Lipinski definition) is 3. The van der Waals surface area contributed by atoms with Crippen molar-refractivity contribution in [3.63, 3.8) is 0 Å². The quantitative estimate of drug-likeness (QED) is 0.738. The smallest absolute Gasteiger partial charge is 0.279 e. The Morgan fingerprint density at radius 1 is 1.31 bits per heavy atom. The third kappa shape index (κ3) is 2.40. The zero-order valence-corrected chi connectivity index (χ0v) is 10.8. The topological polar surface area (TPSA) is 61.4 Å². The first kappa shape index (κ1) is 12.3. The Morgan fingerprint density at radius 2 is 1.88 bits per heavy atom. The number of fused-ring (bicyclic) bond motifs is 2. The summed E-state index contributed by atoms with van der Waals surface area (Å²) in [5.41, 5.74) is 0. The first-order valence-corrected chi connectivity index (χ1v) is 7.45. The first-order chi connectivity index (χ1) is 7.53. The number of nitrogens with one attached hydrogen (secondary N) is 2. The van der Waals surface area contributed by atoms with Gasteiger partial charge in [-0.15, -0.1) is 0 Å². The van der Waals surface area contributed by atoms with Gasteiger partial charge in [0.05, 0.1) is 0 Å². The number of nitrogens with zero attached hydrogens (tertiary/aromatic N) is 1. The molecule has 16 heavy (non-hydrogen) atoms. The molecule has 2 fully saturated rings. The van der Waals surface area contributed by atoms with Crippen molar-refractivity contribution in [2.45, 2.75) is 50.7 Å². The molecule has 6 heteroatoms. The van der Waals surface area contributed by atoms with E-state index in [1.54, 1.807) is 14.0 Å². The van der Waals surface area contributed by atoms with Crippen LogP contribution in [0.3, 0.4) is 0 Å². The fraction of sp³-hybridized carbons (Fsp3) is 1.00. The van der Waals surface area contributed by atoms with Crippen LogP contribution in [-0.2, 0) is 10.2 Å². The second kappa shape index (κ2) is 4.60. The molecule has 2 aliphatic heterocycles. The molecule has 5 nitrogen and oxygen atoms in total. The summed E-state index contributed by atoms with van der Waals surface area (Å²) in [6, 6.07) is 1.19.